The lowest BCUT2D eigenvalue weighted by Gasteiger charge is -2.23. The van der Waals surface area contributed by atoms with E-state index in [1.165, 1.54) is 0 Å². The third-order valence-corrected chi connectivity index (χ3v) is 3.20. The second kappa shape index (κ2) is 8.26. The van der Waals surface area contributed by atoms with Gasteiger partial charge in [0.1, 0.15) is 6.61 Å². The summed E-state index contributed by atoms with van der Waals surface area (Å²) in [4.78, 5) is 4.33. The van der Waals surface area contributed by atoms with Gasteiger partial charge in [-0.2, -0.15) is 4.98 Å². The van der Waals surface area contributed by atoms with Gasteiger partial charge in [0.15, 0.2) is 5.82 Å². The maximum atomic E-state index is 11.9. The summed E-state index contributed by atoms with van der Waals surface area (Å²) >= 11 is 0. The standard InChI is InChI=1S/C13H23F2N3O2/c1-8(2)12(9(3)16-4)13-17-11(18-20-13)5-6-19-7-10(14)15/h8-10,12,16H,5-7H2,1-4H3. The lowest BCUT2D eigenvalue weighted by Crippen LogP contribution is -2.32. The number of likely N-dealkylation sites (N-methyl/N-ethyl adjacent to an activating group) is 1. The number of hydrogen-bond acceptors (Lipinski definition) is 5. The van der Waals surface area contributed by atoms with E-state index in [4.69, 9.17) is 9.26 Å². The third kappa shape index (κ3) is 5.13. The molecule has 1 aromatic heterocycles. The fourth-order valence-corrected chi connectivity index (χ4v) is 2.10. The van der Waals surface area contributed by atoms with Crippen molar-refractivity contribution in [1.82, 2.24) is 15.5 Å². The quantitative estimate of drug-likeness (QED) is 0.707. The minimum atomic E-state index is -2.45. The van der Waals surface area contributed by atoms with Gasteiger partial charge < -0.3 is 14.6 Å². The molecule has 0 amide bonds. The summed E-state index contributed by atoms with van der Waals surface area (Å²) in [5, 5.41) is 7.05. The fraction of sp³-hybridized carbons (Fsp3) is 0.846. The van der Waals surface area contributed by atoms with E-state index in [1.54, 1.807) is 0 Å². The van der Waals surface area contributed by atoms with E-state index >= 15 is 0 Å². The maximum absolute atomic E-state index is 11.9. The molecule has 0 radical (unpaired) electrons. The molecule has 0 spiro atoms. The molecule has 0 aromatic carbocycles. The van der Waals surface area contributed by atoms with Gasteiger partial charge in [-0.15, -0.1) is 0 Å². The molecule has 2 unspecified atom stereocenters. The highest BCUT2D eigenvalue weighted by Gasteiger charge is 2.27. The highest BCUT2D eigenvalue weighted by atomic mass is 19.3. The molecule has 2 atom stereocenters. The lowest BCUT2D eigenvalue weighted by molar-refractivity contribution is 0.0182. The zero-order valence-corrected chi connectivity index (χ0v) is 12.4. The summed E-state index contributed by atoms with van der Waals surface area (Å²) in [7, 11) is 1.88. The van der Waals surface area contributed by atoms with Gasteiger partial charge in [0, 0.05) is 12.5 Å². The second-order valence-electron chi connectivity index (χ2n) is 5.11. The molecular weight excluding hydrogens is 268 g/mol. The first-order chi connectivity index (χ1) is 9.45. The Balaban J connectivity index is 2.56. The number of halogens is 2. The average molecular weight is 291 g/mol. The Kier molecular flexibility index (Phi) is 7.01. The van der Waals surface area contributed by atoms with Crippen LogP contribution in [0.4, 0.5) is 8.78 Å². The van der Waals surface area contributed by atoms with Gasteiger partial charge in [-0.25, -0.2) is 8.78 Å². The van der Waals surface area contributed by atoms with Crippen LogP contribution in [0.15, 0.2) is 4.52 Å². The highest BCUT2D eigenvalue weighted by Crippen LogP contribution is 2.26. The van der Waals surface area contributed by atoms with Crippen molar-refractivity contribution < 1.29 is 18.0 Å². The first-order valence-corrected chi connectivity index (χ1v) is 6.81. The van der Waals surface area contributed by atoms with Crippen LogP contribution in [0.25, 0.3) is 0 Å². The normalized spacial score (nSPS) is 15.0. The van der Waals surface area contributed by atoms with E-state index in [2.05, 4.69) is 36.2 Å². The van der Waals surface area contributed by atoms with Gasteiger partial charge in [0.05, 0.1) is 12.5 Å². The Labute approximate surface area is 118 Å². The van der Waals surface area contributed by atoms with Crippen molar-refractivity contribution in [2.45, 2.75) is 45.6 Å². The van der Waals surface area contributed by atoms with Crippen LogP contribution in [-0.4, -0.2) is 42.9 Å². The number of aromatic nitrogens is 2. The topological polar surface area (TPSA) is 60.2 Å². The molecule has 7 heteroatoms. The predicted molar refractivity (Wildman–Crippen MR) is 70.9 cm³/mol. The molecule has 116 valence electrons. The summed E-state index contributed by atoms with van der Waals surface area (Å²) in [6.07, 6.45) is -2.08. The molecule has 0 aliphatic carbocycles. The summed E-state index contributed by atoms with van der Waals surface area (Å²) < 4.78 is 33.9. The van der Waals surface area contributed by atoms with Crippen LogP contribution >= 0.6 is 0 Å². The number of nitrogens with zero attached hydrogens (tertiary/aromatic N) is 2. The third-order valence-electron chi connectivity index (χ3n) is 3.20. The average Bonchev–Trinajstić information content (AvgIpc) is 2.82. The first kappa shape index (κ1) is 17.0. The van der Waals surface area contributed by atoms with Crippen LogP contribution in [0.3, 0.4) is 0 Å². The molecule has 1 aromatic rings. The molecule has 0 saturated carbocycles. The molecule has 1 rings (SSSR count). The highest BCUT2D eigenvalue weighted by molar-refractivity contribution is 5.00. The predicted octanol–water partition coefficient (Wildman–Crippen LogP) is 2.24. The van der Waals surface area contributed by atoms with E-state index in [0.717, 1.165) is 0 Å². The van der Waals surface area contributed by atoms with Crippen molar-refractivity contribution in [3.63, 3.8) is 0 Å². The summed E-state index contributed by atoms with van der Waals surface area (Å²) in [5.41, 5.74) is 0. The van der Waals surface area contributed by atoms with Crippen LogP contribution in [0.5, 0.6) is 0 Å². The smallest absolute Gasteiger partial charge is 0.261 e. The summed E-state index contributed by atoms with van der Waals surface area (Å²) in [6.45, 7) is 5.84. The van der Waals surface area contributed by atoms with Crippen molar-refractivity contribution in [3.05, 3.63) is 11.7 Å². The van der Waals surface area contributed by atoms with Crippen molar-refractivity contribution in [3.8, 4) is 0 Å². The van der Waals surface area contributed by atoms with Gasteiger partial charge in [0.2, 0.25) is 5.89 Å². The van der Waals surface area contributed by atoms with Gasteiger partial charge in [-0.1, -0.05) is 19.0 Å². The summed E-state index contributed by atoms with van der Waals surface area (Å²) in [5.74, 6) is 1.53. The molecule has 0 aliphatic heterocycles. The largest absolute Gasteiger partial charge is 0.375 e. The molecule has 1 N–H and O–H groups in total. The fourth-order valence-electron chi connectivity index (χ4n) is 2.10. The summed E-state index contributed by atoms with van der Waals surface area (Å²) in [6, 6.07) is 0.207. The van der Waals surface area contributed by atoms with Crippen LogP contribution in [-0.2, 0) is 11.2 Å². The molecule has 5 nitrogen and oxygen atoms in total. The molecule has 20 heavy (non-hydrogen) atoms. The minimum Gasteiger partial charge on any atom is -0.375 e. The molecule has 0 aliphatic rings. The minimum absolute atomic E-state index is 0.114. The van der Waals surface area contributed by atoms with Gasteiger partial charge in [0.25, 0.3) is 6.43 Å². The van der Waals surface area contributed by atoms with Crippen molar-refractivity contribution in [2.24, 2.45) is 5.92 Å². The van der Waals surface area contributed by atoms with Gasteiger partial charge >= 0.3 is 0 Å². The molecule has 1 heterocycles. The van der Waals surface area contributed by atoms with Crippen molar-refractivity contribution in [1.29, 1.82) is 0 Å². The molecular formula is C13H23F2N3O2. The van der Waals surface area contributed by atoms with E-state index in [-0.39, 0.29) is 18.6 Å². The van der Waals surface area contributed by atoms with Crippen molar-refractivity contribution in [2.75, 3.05) is 20.3 Å². The molecule has 0 fully saturated rings. The van der Waals surface area contributed by atoms with Gasteiger partial charge in [-0.3, -0.25) is 0 Å². The Bertz CT molecular complexity index is 385. The van der Waals surface area contributed by atoms with Crippen LogP contribution in [0, 0.1) is 5.92 Å². The zero-order valence-electron chi connectivity index (χ0n) is 12.4. The van der Waals surface area contributed by atoms with Crippen molar-refractivity contribution >= 4 is 0 Å². The van der Waals surface area contributed by atoms with Gasteiger partial charge in [-0.05, 0) is 19.9 Å². The number of ether oxygens (including phenoxy) is 1. The van der Waals surface area contributed by atoms with Crippen LogP contribution in [0.1, 0.15) is 38.4 Å². The number of rotatable bonds is 9. The lowest BCUT2D eigenvalue weighted by atomic mass is 9.89. The molecule has 0 bridgehead atoms. The Morgan fingerprint density at radius 3 is 2.55 bits per heavy atom. The molecule has 0 saturated heterocycles. The van der Waals surface area contributed by atoms with E-state index in [9.17, 15) is 8.78 Å². The Hall–Kier alpha value is -1.08. The number of alkyl halides is 2. The second-order valence-corrected chi connectivity index (χ2v) is 5.11. The SMILES string of the molecule is CNC(C)C(c1nc(CCOCC(F)F)no1)C(C)C. The van der Waals surface area contributed by atoms with E-state index in [0.29, 0.717) is 24.1 Å². The van der Waals surface area contributed by atoms with E-state index in [1.807, 2.05) is 7.05 Å². The van der Waals surface area contributed by atoms with Crippen LogP contribution < -0.4 is 5.32 Å². The number of nitrogens with one attached hydrogen (secondary N) is 1. The van der Waals surface area contributed by atoms with Crippen LogP contribution in [0.2, 0.25) is 0 Å². The maximum Gasteiger partial charge on any atom is 0.261 e. The number of hydrogen-bond donors (Lipinski definition) is 1. The first-order valence-electron chi connectivity index (χ1n) is 6.81. The monoisotopic (exact) mass is 291 g/mol. The Morgan fingerprint density at radius 1 is 1.30 bits per heavy atom. The zero-order chi connectivity index (χ0) is 15.1. The Morgan fingerprint density at radius 2 is 2.00 bits per heavy atom. The van der Waals surface area contributed by atoms with E-state index < -0.39 is 13.0 Å².